The number of terminal acetylenes is 1. The van der Waals surface area contributed by atoms with E-state index in [1.165, 1.54) is 6.08 Å². The maximum absolute atomic E-state index is 10.4. The highest BCUT2D eigenvalue weighted by molar-refractivity contribution is 9.11. The summed E-state index contributed by atoms with van der Waals surface area (Å²) < 4.78 is 6.98. The van der Waals surface area contributed by atoms with Crippen LogP contribution in [0.1, 0.15) is 12.0 Å². The molecule has 1 aromatic rings. The maximum atomic E-state index is 10.4. The van der Waals surface area contributed by atoms with Crippen LogP contribution in [0.4, 0.5) is 0 Å². The third kappa shape index (κ3) is 4.55. The van der Waals surface area contributed by atoms with Crippen molar-refractivity contribution < 1.29 is 14.6 Å². The Morgan fingerprint density at radius 2 is 2.06 bits per heavy atom. The Bertz CT molecular complexity index is 492. The molecule has 18 heavy (non-hydrogen) atoms. The molecule has 0 saturated heterocycles. The largest absolute Gasteiger partial charge is 0.490 e. The molecule has 94 valence electrons. The van der Waals surface area contributed by atoms with E-state index in [0.717, 1.165) is 20.6 Å². The maximum Gasteiger partial charge on any atom is 0.328 e. The summed E-state index contributed by atoms with van der Waals surface area (Å²) in [5.74, 6) is 2.15. The number of carboxylic acid groups (broad SMARTS) is 1. The first-order valence-electron chi connectivity index (χ1n) is 5.01. The Labute approximate surface area is 122 Å². The van der Waals surface area contributed by atoms with Crippen LogP contribution in [0, 0.1) is 12.3 Å². The van der Waals surface area contributed by atoms with Crippen molar-refractivity contribution in [2.45, 2.75) is 6.42 Å². The highest BCUT2D eigenvalue weighted by Gasteiger charge is 2.08. The van der Waals surface area contributed by atoms with Crippen molar-refractivity contribution in [3.8, 4) is 18.1 Å². The lowest BCUT2D eigenvalue weighted by Crippen LogP contribution is -1.97. The highest BCUT2D eigenvalue weighted by atomic mass is 79.9. The molecule has 1 N–H and O–H groups in total. The van der Waals surface area contributed by atoms with Crippen LogP contribution in [-0.2, 0) is 4.79 Å². The van der Waals surface area contributed by atoms with Crippen molar-refractivity contribution in [1.82, 2.24) is 0 Å². The normalized spacial score (nSPS) is 10.3. The Kier molecular flexibility index (Phi) is 5.96. The number of halogens is 2. The highest BCUT2D eigenvalue weighted by Crippen LogP contribution is 2.35. The van der Waals surface area contributed by atoms with Crippen LogP contribution in [0.15, 0.2) is 27.2 Å². The van der Waals surface area contributed by atoms with Gasteiger partial charge in [0.15, 0.2) is 0 Å². The van der Waals surface area contributed by atoms with Crippen molar-refractivity contribution in [2.75, 3.05) is 6.61 Å². The average Bonchev–Trinajstić information content (AvgIpc) is 2.30. The number of carboxylic acids is 1. The summed E-state index contributed by atoms with van der Waals surface area (Å²) >= 11 is 6.74. The minimum Gasteiger partial charge on any atom is -0.490 e. The number of hydrogen-bond acceptors (Lipinski definition) is 2. The van der Waals surface area contributed by atoms with Gasteiger partial charge in [0.2, 0.25) is 0 Å². The van der Waals surface area contributed by atoms with Gasteiger partial charge in [0, 0.05) is 12.5 Å². The van der Waals surface area contributed by atoms with Gasteiger partial charge >= 0.3 is 5.97 Å². The van der Waals surface area contributed by atoms with E-state index < -0.39 is 5.97 Å². The molecule has 1 aromatic carbocycles. The number of aliphatic carboxylic acids is 1. The van der Waals surface area contributed by atoms with Crippen LogP contribution in [-0.4, -0.2) is 17.7 Å². The molecule has 3 nitrogen and oxygen atoms in total. The molecule has 0 spiro atoms. The van der Waals surface area contributed by atoms with Crippen molar-refractivity contribution in [3.63, 3.8) is 0 Å². The molecular weight excluding hydrogens is 364 g/mol. The van der Waals surface area contributed by atoms with Gasteiger partial charge in [-0.3, -0.25) is 0 Å². The standard InChI is InChI=1S/C13H10Br2O3/c1-2-3-6-18-13-10(14)7-9(8-11(13)15)4-5-12(16)17/h1,4-5,7-8H,3,6H2,(H,16,17)/b5-4+. The fourth-order valence-corrected chi connectivity index (χ4v) is 2.64. The van der Waals surface area contributed by atoms with Gasteiger partial charge in [-0.05, 0) is 55.6 Å². The summed E-state index contributed by atoms with van der Waals surface area (Å²) in [4.78, 5) is 10.4. The first-order valence-corrected chi connectivity index (χ1v) is 6.59. The Morgan fingerprint density at radius 1 is 1.44 bits per heavy atom. The van der Waals surface area contributed by atoms with E-state index in [1.54, 1.807) is 12.1 Å². The minimum absolute atomic E-state index is 0.429. The number of benzene rings is 1. The molecule has 0 radical (unpaired) electrons. The second-order valence-corrected chi connectivity index (χ2v) is 5.00. The summed E-state index contributed by atoms with van der Waals surface area (Å²) in [5, 5.41) is 8.56. The lowest BCUT2D eigenvalue weighted by Gasteiger charge is -2.10. The minimum atomic E-state index is -0.989. The molecule has 1 rings (SSSR count). The fourth-order valence-electron chi connectivity index (χ4n) is 1.19. The van der Waals surface area contributed by atoms with Gasteiger partial charge in [-0.25, -0.2) is 4.79 Å². The molecule has 0 atom stereocenters. The molecule has 5 heteroatoms. The second kappa shape index (κ2) is 7.24. The molecule has 0 unspecified atom stereocenters. The van der Waals surface area contributed by atoms with Gasteiger partial charge in [-0.1, -0.05) is 0 Å². The zero-order chi connectivity index (χ0) is 13.5. The Morgan fingerprint density at radius 3 is 2.56 bits per heavy atom. The van der Waals surface area contributed by atoms with Gasteiger partial charge in [0.1, 0.15) is 5.75 Å². The molecule has 0 aromatic heterocycles. The predicted octanol–water partition coefficient (Wildman–Crippen LogP) is 3.71. The van der Waals surface area contributed by atoms with E-state index in [4.69, 9.17) is 16.3 Å². The number of carbonyl (C=O) groups is 1. The van der Waals surface area contributed by atoms with Crippen LogP contribution in [0.25, 0.3) is 6.08 Å². The van der Waals surface area contributed by atoms with Crippen LogP contribution in [0.3, 0.4) is 0 Å². The summed E-state index contributed by atoms with van der Waals surface area (Å²) in [7, 11) is 0. The molecule has 0 aliphatic heterocycles. The fraction of sp³-hybridized carbons (Fsp3) is 0.154. The van der Waals surface area contributed by atoms with Crippen LogP contribution >= 0.6 is 31.9 Å². The zero-order valence-corrected chi connectivity index (χ0v) is 12.5. The van der Waals surface area contributed by atoms with E-state index in [9.17, 15) is 4.79 Å². The van der Waals surface area contributed by atoms with Crippen molar-refractivity contribution in [1.29, 1.82) is 0 Å². The molecule has 0 aliphatic carbocycles. The van der Waals surface area contributed by atoms with Gasteiger partial charge in [-0.2, -0.15) is 0 Å². The SMILES string of the molecule is C#CCCOc1c(Br)cc(/C=C/C(=O)O)cc1Br. The summed E-state index contributed by atoms with van der Waals surface area (Å²) in [6.45, 7) is 0.429. The predicted molar refractivity (Wildman–Crippen MR) is 77.5 cm³/mol. The summed E-state index contributed by atoms with van der Waals surface area (Å²) in [6.07, 6.45) is 8.25. The molecule has 0 aliphatic rings. The number of rotatable bonds is 5. The zero-order valence-electron chi connectivity index (χ0n) is 9.32. The van der Waals surface area contributed by atoms with E-state index in [-0.39, 0.29) is 0 Å². The van der Waals surface area contributed by atoms with Crippen LogP contribution in [0.5, 0.6) is 5.75 Å². The lowest BCUT2D eigenvalue weighted by molar-refractivity contribution is -0.131. The lowest BCUT2D eigenvalue weighted by atomic mass is 10.2. The van der Waals surface area contributed by atoms with E-state index in [1.807, 2.05) is 0 Å². The summed E-state index contributed by atoms with van der Waals surface area (Å²) in [6, 6.07) is 3.55. The quantitative estimate of drug-likeness (QED) is 0.486. The topological polar surface area (TPSA) is 46.5 Å². The molecule has 0 bridgehead atoms. The van der Waals surface area contributed by atoms with Gasteiger partial charge in [0.05, 0.1) is 15.6 Å². The van der Waals surface area contributed by atoms with E-state index in [2.05, 4.69) is 37.8 Å². The first kappa shape index (κ1) is 14.8. The monoisotopic (exact) mass is 372 g/mol. The molecule has 0 amide bonds. The van der Waals surface area contributed by atoms with Crippen molar-refractivity contribution in [3.05, 3.63) is 32.7 Å². The van der Waals surface area contributed by atoms with E-state index >= 15 is 0 Å². The van der Waals surface area contributed by atoms with Crippen molar-refractivity contribution in [2.24, 2.45) is 0 Å². The van der Waals surface area contributed by atoms with Gasteiger partial charge in [0.25, 0.3) is 0 Å². The molecule has 0 fully saturated rings. The van der Waals surface area contributed by atoms with Crippen molar-refractivity contribution >= 4 is 43.9 Å². The summed E-state index contributed by atoms with van der Waals surface area (Å²) in [5.41, 5.74) is 0.750. The second-order valence-electron chi connectivity index (χ2n) is 3.29. The van der Waals surface area contributed by atoms with Gasteiger partial charge in [-0.15, -0.1) is 12.3 Å². The van der Waals surface area contributed by atoms with Crippen LogP contribution in [0.2, 0.25) is 0 Å². The number of hydrogen-bond donors (Lipinski definition) is 1. The van der Waals surface area contributed by atoms with Gasteiger partial charge < -0.3 is 9.84 Å². The average molecular weight is 374 g/mol. The molecule has 0 saturated carbocycles. The Balaban J connectivity index is 2.91. The van der Waals surface area contributed by atoms with Crippen LogP contribution < -0.4 is 4.74 Å². The molecular formula is C13H10Br2O3. The third-order valence-corrected chi connectivity index (χ3v) is 3.11. The smallest absolute Gasteiger partial charge is 0.328 e. The number of ether oxygens (including phenoxy) is 1. The van der Waals surface area contributed by atoms with E-state index in [0.29, 0.717) is 18.8 Å². The third-order valence-electron chi connectivity index (χ3n) is 1.93. The first-order chi connectivity index (χ1) is 8.54. The Hall–Kier alpha value is -1.25. The molecule has 0 heterocycles.